The van der Waals surface area contributed by atoms with Gasteiger partial charge in [0.2, 0.25) is 15.9 Å². The zero-order valence-corrected chi connectivity index (χ0v) is 15.2. The Morgan fingerprint density at radius 2 is 1.87 bits per heavy atom. The van der Waals surface area contributed by atoms with E-state index in [9.17, 15) is 13.2 Å². The van der Waals surface area contributed by atoms with E-state index in [1.54, 1.807) is 12.1 Å². The van der Waals surface area contributed by atoms with Gasteiger partial charge in [-0.2, -0.15) is 0 Å². The van der Waals surface area contributed by atoms with Crippen molar-refractivity contribution in [2.24, 2.45) is 11.1 Å². The summed E-state index contributed by atoms with van der Waals surface area (Å²) in [7, 11) is -1.90. The van der Waals surface area contributed by atoms with Gasteiger partial charge in [0, 0.05) is 12.1 Å². The molecule has 0 aliphatic rings. The molecule has 1 rings (SSSR count). The van der Waals surface area contributed by atoms with Gasteiger partial charge in [0.25, 0.3) is 0 Å². The highest BCUT2D eigenvalue weighted by Gasteiger charge is 2.18. The number of nitrogens with one attached hydrogen (secondary N) is 1. The highest BCUT2D eigenvalue weighted by molar-refractivity contribution is 7.89. The Balaban J connectivity index is 2.77. The van der Waals surface area contributed by atoms with Crippen LogP contribution in [-0.4, -0.2) is 38.9 Å². The summed E-state index contributed by atoms with van der Waals surface area (Å²) in [5, 5.41) is 8.12. The van der Waals surface area contributed by atoms with Gasteiger partial charge in [0.05, 0.1) is 11.4 Å². The molecular formula is C16H27N3O3S. The van der Waals surface area contributed by atoms with Crippen LogP contribution < -0.4 is 10.5 Å². The summed E-state index contributed by atoms with van der Waals surface area (Å²) < 4.78 is 22.9. The van der Waals surface area contributed by atoms with Crippen molar-refractivity contribution in [2.75, 3.05) is 13.6 Å². The van der Waals surface area contributed by atoms with E-state index in [1.165, 1.54) is 6.07 Å². The van der Waals surface area contributed by atoms with E-state index in [-0.39, 0.29) is 29.4 Å². The molecule has 0 bridgehead atoms. The summed E-state index contributed by atoms with van der Waals surface area (Å²) in [4.78, 5) is 14.0. The Morgan fingerprint density at radius 3 is 2.39 bits per heavy atom. The molecule has 0 aliphatic carbocycles. The van der Waals surface area contributed by atoms with Crippen molar-refractivity contribution in [3.05, 3.63) is 29.8 Å². The molecule has 130 valence electrons. The van der Waals surface area contributed by atoms with Gasteiger partial charge >= 0.3 is 0 Å². The van der Waals surface area contributed by atoms with Crippen LogP contribution in [0.25, 0.3) is 0 Å². The summed E-state index contributed by atoms with van der Waals surface area (Å²) in [5.74, 6) is 0.316. The molecule has 2 unspecified atom stereocenters. The van der Waals surface area contributed by atoms with Crippen LogP contribution in [0.15, 0.2) is 29.2 Å². The van der Waals surface area contributed by atoms with Gasteiger partial charge < -0.3 is 5.32 Å². The number of rotatable bonds is 7. The van der Waals surface area contributed by atoms with Crippen LogP contribution >= 0.6 is 0 Å². The lowest BCUT2D eigenvalue weighted by Crippen LogP contribution is -2.42. The van der Waals surface area contributed by atoms with E-state index in [4.69, 9.17) is 5.14 Å². The third-order valence-electron chi connectivity index (χ3n) is 4.11. The number of benzene rings is 1. The molecule has 0 aliphatic heterocycles. The summed E-state index contributed by atoms with van der Waals surface area (Å²) in [6, 6.07) is 6.48. The number of sulfonamides is 1. The standard InChI is InChI=1S/C16H27N3O3S/c1-11(2)12(3)18-16(20)10-19(5)13(4)14-7-6-8-15(9-14)23(17,21)22/h6-9,11-13H,10H2,1-5H3,(H,18,20)(H2,17,21,22). The van der Waals surface area contributed by atoms with Gasteiger partial charge in [0.15, 0.2) is 0 Å². The Morgan fingerprint density at radius 1 is 1.26 bits per heavy atom. The van der Waals surface area contributed by atoms with Gasteiger partial charge in [-0.05, 0) is 44.5 Å². The molecule has 1 aromatic rings. The summed E-state index contributed by atoms with van der Waals surface area (Å²) in [6.07, 6.45) is 0. The van der Waals surface area contributed by atoms with Crippen LogP contribution in [-0.2, 0) is 14.8 Å². The summed E-state index contributed by atoms with van der Waals surface area (Å²) in [6.45, 7) is 8.23. The average Bonchev–Trinajstić information content (AvgIpc) is 2.45. The Labute approximate surface area is 139 Å². The topological polar surface area (TPSA) is 92.5 Å². The first-order valence-corrected chi connectivity index (χ1v) is 9.19. The van der Waals surface area contributed by atoms with Crippen molar-refractivity contribution in [2.45, 2.75) is 44.7 Å². The summed E-state index contributed by atoms with van der Waals surface area (Å²) in [5.41, 5.74) is 0.795. The number of carbonyl (C=O) groups excluding carboxylic acids is 1. The Kier molecular flexibility index (Phi) is 6.73. The smallest absolute Gasteiger partial charge is 0.238 e. The molecule has 0 radical (unpaired) electrons. The van der Waals surface area contributed by atoms with Crippen molar-refractivity contribution < 1.29 is 13.2 Å². The first kappa shape index (κ1) is 19.6. The fourth-order valence-electron chi connectivity index (χ4n) is 2.04. The number of hydrogen-bond acceptors (Lipinski definition) is 4. The number of nitrogens with zero attached hydrogens (tertiary/aromatic N) is 1. The van der Waals surface area contributed by atoms with E-state index in [0.29, 0.717) is 5.92 Å². The molecule has 0 spiro atoms. The van der Waals surface area contributed by atoms with Crippen molar-refractivity contribution in [3.8, 4) is 0 Å². The van der Waals surface area contributed by atoms with E-state index >= 15 is 0 Å². The van der Waals surface area contributed by atoms with Gasteiger partial charge in [-0.1, -0.05) is 26.0 Å². The molecule has 0 aromatic heterocycles. The third kappa shape index (κ3) is 5.93. The first-order valence-electron chi connectivity index (χ1n) is 7.64. The van der Waals surface area contributed by atoms with Gasteiger partial charge in [-0.25, -0.2) is 13.6 Å². The van der Waals surface area contributed by atoms with Crippen LogP contribution in [0.1, 0.15) is 39.3 Å². The minimum Gasteiger partial charge on any atom is -0.352 e. The third-order valence-corrected chi connectivity index (χ3v) is 5.02. The summed E-state index contributed by atoms with van der Waals surface area (Å²) >= 11 is 0. The van der Waals surface area contributed by atoms with Gasteiger partial charge in [0.1, 0.15) is 0 Å². The van der Waals surface area contributed by atoms with E-state index in [0.717, 1.165) is 5.56 Å². The lowest BCUT2D eigenvalue weighted by molar-refractivity contribution is -0.123. The lowest BCUT2D eigenvalue weighted by Gasteiger charge is -2.26. The molecule has 1 aromatic carbocycles. The predicted molar refractivity (Wildman–Crippen MR) is 91.3 cm³/mol. The quantitative estimate of drug-likeness (QED) is 0.786. The maximum absolute atomic E-state index is 12.1. The lowest BCUT2D eigenvalue weighted by atomic mass is 10.1. The Hall–Kier alpha value is -1.44. The number of hydrogen-bond donors (Lipinski definition) is 2. The molecule has 0 saturated heterocycles. The van der Waals surface area contributed by atoms with Crippen LogP contribution in [0.5, 0.6) is 0 Å². The van der Waals surface area contributed by atoms with Crippen molar-refractivity contribution in [3.63, 3.8) is 0 Å². The minimum absolute atomic E-state index is 0.0526. The molecule has 23 heavy (non-hydrogen) atoms. The molecule has 0 fully saturated rings. The average molecular weight is 341 g/mol. The maximum atomic E-state index is 12.1. The zero-order chi connectivity index (χ0) is 17.8. The number of carbonyl (C=O) groups is 1. The van der Waals surface area contributed by atoms with E-state index in [2.05, 4.69) is 19.2 Å². The van der Waals surface area contributed by atoms with Gasteiger partial charge in [-0.15, -0.1) is 0 Å². The van der Waals surface area contributed by atoms with Crippen molar-refractivity contribution in [1.82, 2.24) is 10.2 Å². The zero-order valence-electron chi connectivity index (χ0n) is 14.4. The number of likely N-dealkylation sites (N-methyl/N-ethyl adjacent to an activating group) is 1. The second-order valence-corrected chi connectivity index (χ2v) is 7.87. The number of nitrogens with two attached hydrogens (primary N) is 1. The largest absolute Gasteiger partial charge is 0.352 e. The predicted octanol–water partition coefficient (Wildman–Crippen LogP) is 1.49. The molecule has 1 amide bonds. The SMILES string of the molecule is CC(C)C(C)NC(=O)CN(C)C(C)c1cccc(S(N)(=O)=O)c1. The van der Waals surface area contributed by atoms with Crippen LogP contribution in [0, 0.1) is 5.92 Å². The second-order valence-electron chi connectivity index (χ2n) is 6.31. The minimum atomic E-state index is -3.73. The van der Waals surface area contributed by atoms with Crippen LogP contribution in [0.4, 0.5) is 0 Å². The van der Waals surface area contributed by atoms with Crippen LogP contribution in [0.3, 0.4) is 0 Å². The van der Waals surface area contributed by atoms with Gasteiger partial charge in [-0.3, -0.25) is 9.69 Å². The molecule has 6 nitrogen and oxygen atoms in total. The molecule has 0 heterocycles. The number of primary sulfonamides is 1. The fraction of sp³-hybridized carbons (Fsp3) is 0.562. The fourth-order valence-corrected chi connectivity index (χ4v) is 2.60. The second kappa shape index (κ2) is 7.90. The van der Waals surface area contributed by atoms with E-state index < -0.39 is 10.0 Å². The highest BCUT2D eigenvalue weighted by Crippen LogP contribution is 2.21. The first-order chi connectivity index (χ1) is 10.5. The molecule has 2 atom stereocenters. The monoisotopic (exact) mass is 341 g/mol. The van der Waals surface area contributed by atoms with Crippen molar-refractivity contribution in [1.29, 1.82) is 0 Å². The van der Waals surface area contributed by atoms with Crippen molar-refractivity contribution >= 4 is 15.9 Å². The van der Waals surface area contributed by atoms with E-state index in [1.807, 2.05) is 31.9 Å². The van der Waals surface area contributed by atoms with Crippen LogP contribution in [0.2, 0.25) is 0 Å². The normalized spacial score (nSPS) is 14.8. The molecule has 7 heteroatoms. The highest BCUT2D eigenvalue weighted by atomic mass is 32.2. The Bertz CT molecular complexity index is 644. The maximum Gasteiger partial charge on any atom is 0.238 e. The number of amides is 1. The molecule has 0 saturated carbocycles. The molecular weight excluding hydrogens is 314 g/mol. The molecule has 3 N–H and O–H groups in total.